The number of para-hydroxylation sites is 2. The first-order valence-electron chi connectivity index (χ1n) is 13.0. The maximum Gasteiger partial charge on any atom is 0.673 e. The van der Waals surface area contributed by atoms with E-state index in [1.807, 2.05) is 6.92 Å². The molecule has 208 valence electrons. The highest BCUT2D eigenvalue weighted by Crippen LogP contribution is 2.46. The smallest absolute Gasteiger partial charge is 0.494 e. The molecule has 2 aromatic rings. The van der Waals surface area contributed by atoms with Crippen molar-refractivity contribution in [3.63, 3.8) is 0 Å². The maximum absolute atomic E-state index is 9.75. The molecule has 0 N–H and O–H groups in total. The Hall–Kier alpha value is -3.55. The Kier molecular flexibility index (Phi) is 8.99. The molecule has 4 rings (SSSR count). The Bertz CT molecular complexity index is 1340. The lowest BCUT2D eigenvalue weighted by Crippen LogP contribution is -2.26. The van der Waals surface area contributed by atoms with E-state index in [1.165, 1.54) is 33.9 Å². The number of hydrogen-bond donors (Lipinski definition) is 0. The Morgan fingerprint density at radius 2 is 1.51 bits per heavy atom. The monoisotopic (exact) mass is 540 g/mol. The van der Waals surface area contributed by atoms with Gasteiger partial charge in [0, 0.05) is 41.6 Å². The molecule has 0 radical (unpaired) electrons. The van der Waals surface area contributed by atoms with Gasteiger partial charge in [0.2, 0.25) is 5.69 Å². The highest BCUT2D eigenvalue weighted by Gasteiger charge is 2.42. The molecule has 8 heteroatoms. The lowest BCUT2D eigenvalue weighted by molar-refractivity contribution is -0.401. The molecule has 0 amide bonds. The standard InChI is InChI=1S/C31H37N2O.BF4/c1-8-34-23(15-13-21-28-30(2,3)24-17-9-11-19-26(24)32(28)6)16-14-22-29-31(4,5)25-18-10-12-20-27(25)33(29)7;2-1(3,4)5/h9-22H,8H2,1-7H3;/q+1;-1. The van der Waals surface area contributed by atoms with E-state index in [2.05, 4.69) is 136 Å². The lowest BCUT2D eigenvalue weighted by atomic mass is 9.81. The number of hydrogen-bond acceptors (Lipinski definition) is 2. The first-order valence-corrected chi connectivity index (χ1v) is 13.0. The zero-order valence-electron chi connectivity index (χ0n) is 23.7. The molecule has 0 spiro atoms. The van der Waals surface area contributed by atoms with Gasteiger partial charge in [-0.1, -0.05) is 62.4 Å². The normalized spacial score (nSPS) is 19.0. The number of benzene rings is 2. The lowest BCUT2D eigenvalue weighted by Gasteiger charge is -2.23. The van der Waals surface area contributed by atoms with Crippen LogP contribution in [0.3, 0.4) is 0 Å². The SMILES string of the molecule is CCOC(=C\C=C\C1=[N+](C)c2ccccc2C1(C)C)/C=C/C=C1/N(C)c2ccccc2C1(C)C.F[B-](F)(F)F. The van der Waals surface area contributed by atoms with Crippen molar-refractivity contribution in [3.05, 3.63) is 108 Å². The molecule has 2 heterocycles. The Morgan fingerprint density at radius 1 is 0.923 bits per heavy atom. The van der Waals surface area contributed by atoms with Crippen molar-refractivity contribution >= 4 is 24.3 Å². The molecule has 0 atom stereocenters. The predicted molar refractivity (Wildman–Crippen MR) is 154 cm³/mol. The molecular weight excluding hydrogens is 503 g/mol. The van der Waals surface area contributed by atoms with Crippen LogP contribution in [0.1, 0.15) is 45.7 Å². The fourth-order valence-electron chi connectivity index (χ4n) is 5.39. The van der Waals surface area contributed by atoms with Crippen molar-refractivity contribution in [1.82, 2.24) is 0 Å². The largest absolute Gasteiger partial charge is 0.673 e. The van der Waals surface area contributed by atoms with Gasteiger partial charge in [-0.2, -0.15) is 4.58 Å². The first kappa shape index (κ1) is 30.0. The molecule has 2 aliphatic heterocycles. The van der Waals surface area contributed by atoms with Gasteiger partial charge in [0.25, 0.3) is 0 Å². The van der Waals surface area contributed by atoms with E-state index in [-0.39, 0.29) is 10.8 Å². The molecule has 2 aliphatic rings. The van der Waals surface area contributed by atoms with E-state index in [9.17, 15) is 17.3 Å². The van der Waals surface area contributed by atoms with Crippen LogP contribution in [0.25, 0.3) is 0 Å². The van der Waals surface area contributed by atoms with E-state index >= 15 is 0 Å². The summed E-state index contributed by atoms with van der Waals surface area (Å²) in [6, 6.07) is 17.3. The highest BCUT2D eigenvalue weighted by molar-refractivity contribution is 6.50. The second-order valence-corrected chi connectivity index (χ2v) is 10.6. The molecule has 0 aromatic heterocycles. The summed E-state index contributed by atoms with van der Waals surface area (Å²) >= 11 is 0. The van der Waals surface area contributed by atoms with Gasteiger partial charge in [-0.15, -0.1) is 0 Å². The zero-order valence-corrected chi connectivity index (χ0v) is 23.7. The third kappa shape index (κ3) is 6.73. The van der Waals surface area contributed by atoms with Crippen molar-refractivity contribution < 1.29 is 26.6 Å². The van der Waals surface area contributed by atoms with Crippen LogP contribution >= 0.6 is 0 Å². The number of likely N-dealkylation sites (N-methyl/N-ethyl adjacent to an activating group) is 1. The number of halogens is 4. The topological polar surface area (TPSA) is 15.5 Å². The summed E-state index contributed by atoms with van der Waals surface area (Å²) in [5, 5.41) is 0. The maximum atomic E-state index is 9.75. The van der Waals surface area contributed by atoms with E-state index < -0.39 is 7.25 Å². The summed E-state index contributed by atoms with van der Waals surface area (Å²) in [5.74, 6) is 0.850. The number of ether oxygens (including phenoxy) is 1. The summed E-state index contributed by atoms with van der Waals surface area (Å²) in [6.07, 6.45) is 12.7. The van der Waals surface area contributed by atoms with Gasteiger partial charge in [-0.05, 0) is 50.6 Å². The van der Waals surface area contributed by atoms with Crippen LogP contribution in [0.2, 0.25) is 0 Å². The second kappa shape index (κ2) is 11.7. The second-order valence-electron chi connectivity index (χ2n) is 10.6. The van der Waals surface area contributed by atoms with Crippen LogP contribution in [0.5, 0.6) is 0 Å². The molecule has 0 fully saturated rings. The minimum absolute atomic E-state index is 0.0324. The predicted octanol–water partition coefficient (Wildman–Crippen LogP) is 8.34. The van der Waals surface area contributed by atoms with Crippen LogP contribution in [0.15, 0.2) is 96.4 Å². The fourth-order valence-corrected chi connectivity index (χ4v) is 5.39. The van der Waals surface area contributed by atoms with Crippen LogP contribution in [-0.4, -0.2) is 38.2 Å². The molecule has 0 saturated heterocycles. The van der Waals surface area contributed by atoms with E-state index in [0.717, 1.165) is 5.76 Å². The third-order valence-corrected chi connectivity index (χ3v) is 7.22. The summed E-state index contributed by atoms with van der Waals surface area (Å²) in [6.45, 7) is 11.8. The van der Waals surface area contributed by atoms with Crippen molar-refractivity contribution in [2.45, 2.75) is 45.4 Å². The highest BCUT2D eigenvalue weighted by atomic mass is 19.5. The third-order valence-electron chi connectivity index (χ3n) is 7.22. The van der Waals surface area contributed by atoms with Gasteiger partial charge in [0.05, 0.1) is 12.0 Å². The minimum Gasteiger partial charge on any atom is -0.494 e. The van der Waals surface area contributed by atoms with Gasteiger partial charge in [-0.3, -0.25) is 0 Å². The molecule has 39 heavy (non-hydrogen) atoms. The van der Waals surface area contributed by atoms with Gasteiger partial charge < -0.3 is 26.9 Å². The van der Waals surface area contributed by atoms with Gasteiger partial charge in [-0.25, -0.2) is 0 Å². The Balaban J connectivity index is 0.000000771. The summed E-state index contributed by atoms with van der Waals surface area (Å²) < 4.78 is 47.2. The molecule has 0 aliphatic carbocycles. The first-order chi connectivity index (χ1) is 18.2. The molecule has 0 saturated carbocycles. The van der Waals surface area contributed by atoms with Crippen molar-refractivity contribution in [2.75, 3.05) is 25.6 Å². The van der Waals surface area contributed by atoms with Crippen LogP contribution in [0, 0.1) is 0 Å². The van der Waals surface area contributed by atoms with E-state index in [4.69, 9.17) is 4.74 Å². The van der Waals surface area contributed by atoms with Crippen molar-refractivity contribution in [1.29, 1.82) is 0 Å². The molecule has 0 unspecified atom stereocenters. The molecule has 3 nitrogen and oxygen atoms in total. The van der Waals surface area contributed by atoms with Crippen LogP contribution < -0.4 is 4.90 Å². The Morgan fingerprint density at radius 3 is 2.10 bits per heavy atom. The van der Waals surface area contributed by atoms with Crippen molar-refractivity contribution in [2.24, 2.45) is 0 Å². The summed E-state index contributed by atoms with van der Waals surface area (Å²) in [4.78, 5) is 2.29. The van der Waals surface area contributed by atoms with Gasteiger partial charge >= 0.3 is 7.25 Å². The fraction of sp³-hybridized carbons (Fsp3) is 0.323. The van der Waals surface area contributed by atoms with E-state index in [1.54, 1.807) is 0 Å². The zero-order chi connectivity index (χ0) is 29.0. The van der Waals surface area contributed by atoms with Crippen LogP contribution in [-0.2, 0) is 15.6 Å². The van der Waals surface area contributed by atoms with Crippen molar-refractivity contribution in [3.8, 4) is 0 Å². The van der Waals surface area contributed by atoms with Gasteiger partial charge in [0.1, 0.15) is 12.8 Å². The van der Waals surface area contributed by atoms with E-state index in [0.29, 0.717) is 6.61 Å². The number of nitrogens with zero attached hydrogens (tertiary/aromatic N) is 2. The quantitative estimate of drug-likeness (QED) is 0.120. The van der Waals surface area contributed by atoms with Crippen LogP contribution in [0.4, 0.5) is 28.6 Å². The molecule has 0 bridgehead atoms. The molecule has 2 aromatic carbocycles. The summed E-state index contributed by atoms with van der Waals surface area (Å²) in [5.41, 5.74) is 7.76. The average Bonchev–Trinajstić information content (AvgIpc) is 3.17. The van der Waals surface area contributed by atoms with Gasteiger partial charge in [0.15, 0.2) is 5.71 Å². The minimum atomic E-state index is -6.00. The summed E-state index contributed by atoms with van der Waals surface area (Å²) in [7, 11) is -1.71. The number of fused-ring (bicyclic) bond motifs is 2. The Labute approximate surface area is 229 Å². The number of anilines is 1. The number of rotatable bonds is 6. The average molecular weight is 540 g/mol. The molecular formula is C31H37BF4N2O. The number of allylic oxidation sites excluding steroid dienone is 7.